The van der Waals surface area contributed by atoms with Crippen LogP contribution in [0.5, 0.6) is 0 Å². The molecule has 7 N–H and O–H groups in total. The molecule has 7 heteroatoms. The van der Waals surface area contributed by atoms with Gasteiger partial charge in [-0.2, -0.15) is 0 Å². The minimum absolute atomic E-state index is 0.347. The lowest BCUT2D eigenvalue weighted by Gasteiger charge is -2.04. The van der Waals surface area contributed by atoms with Gasteiger partial charge in [-0.25, -0.2) is 0 Å². The molecule has 0 fully saturated rings. The Balaban J connectivity index is 0.000000199. The number of H-pyrrole nitrogens is 1. The predicted octanol–water partition coefficient (Wildman–Crippen LogP) is 1.76. The molecule has 0 saturated heterocycles. The van der Waals surface area contributed by atoms with Crippen LogP contribution in [-0.4, -0.2) is 39.2 Å². The molecule has 1 heterocycles. The van der Waals surface area contributed by atoms with Crippen LogP contribution in [0.2, 0.25) is 0 Å². The molecule has 3 aromatic rings. The molecule has 0 unspecified atom stereocenters. The lowest BCUT2D eigenvalue weighted by atomic mass is 10.1. The van der Waals surface area contributed by atoms with Crippen molar-refractivity contribution in [3.8, 4) is 0 Å². The maximum Gasteiger partial charge on any atom is 0.320 e. The van der Waals surface area contributed by atoms with Gasteiger partial charge in [0.15, 0.2) is 0 Å². The number of rotatable bonds is 6. The van der Waals surface area contributed by atoms with E-state index in [1.54, 1.807) is 0 Å². The molecule has 3 rings (SSSR count). The summed E-state index contributed by atoms with van der Waals surface area (Å²) in [5, 5.41) is 18.3. The number of aromatic nitrogens is 1. The monoisotopic (exact) mass is 369 g/mol. The SMILES string of the molecule is N[C@H](Cc1c[nH]c2ccccc12)C(=O)O.N[C@H](Cc1ccccc1)C(=O)O. The highest BCUT2D eigenvalue weighted by Gasteiger charge is 2.14. The molecule has 0 aliphatic heterocycles. The second kappa shape index (κ2) is 9.51. The quantitative estimate of drug-likeness (QED) is 0.448. The number of carboxylic acid groups (broad SMARTS) is 2. The maximum absolute atomic E-state index is 10.6. The minimum atomic E-state index is -0.972. The summed E-state index contributed by atoms with van der Waals surface area (Å²) >= 11 is 0. The second-order valence-electron chi connectivity index (χ2n) is 6.14. The smallest absolute Gasteiger partial charge is 0.320 e. The van der Waals surface area contributed by atoms with Crippen molar-refractivity contribution in [3.05, 3.63) is 71.9 Å². The molecule has 0 aliphatic rings. The average molecular weight is 369 g/mol. The number of carboxylic acids is 2. The first-order valence-corrected chi connectivity index (χ1v) is 8.44. The topological polar surface area (TPSA) is 142 Å². The van der Waals surface area contributed by atoms with Crippen LogP contribution in [0, 0.1) is 0 Å². The standard InChI is InChI=1S/C11H12N2O2.C9H11NO2/c12-9(11(14)15)5-7-6-13-10-4-2-1-3-8(7)10;10-8(9(11)12)6-7-4-2-1-3-5-7/h1-4,6,9,13H,5,12H2,(H,14,15);1-5,8H,6,10H2,(H,11,12)/t9-;8-/m11/s1. The van der Waals surface area contributed by atoms with Crippen molar-refractivity contribution in [2.75, 3.05) is 0 Å². The van der Waals surface area contributed by atoms with Gasteiger partial charge in [-0.05, 0) is 23.6 Å². The number of hydrogen-bond donors (Lipinski definition) is 5. The Hall–Kier alpha value is -3.16. The normalized spacial score (nSPS) is 12.7. The molecule has 0 aliphatic carbocycles. The molecule has 142 valence electrons. The molecule has 27 heavy (non-hydrogen) atoms. The Morgan fingerprint density at radius 3 is 2.04 bits per heavy atom. The fraction of sp³-hybridized carbons (Fsp3) is 0.200. The van der Waals surface area contributed by atoms with Crippen LogP contribution in [-0.2, 0) is 22.4 Å². The van der Waals surface area contributed by atoms with Gasteiger partial charge >= 0.3 is 11.9 Å². The molecule has 0 amide bonds. The lowest BCUT2D eigenvalue weighted by Crippen LogP contribution is -2.32. The number of benzene rings is 2. The van der Waals surface area contributed by atoms with E-state index in [2.05, 4.69) is 4.98 Å². The van der Waals surface area contributed by atoms with Gasteiger partial charge in [0, 0.05) is 23.5 Å². The van der Waals surface area contributed by atoms with E-state index >= 15 is 0 Å². The summed E-state index contributed by atoms with van der Waals surface area (Å²) < 4.78 is 0. The highest BCUT2D eigenvalue weighted by molar-refractivity contribution is 5.84. The highest BCUT2D eigenvalue weighted by atomic mass is 16.4. The number of carbonyl (C=O) groups is 2. The van der Waals surface area contributed by atoms with Crippen LogP contribution in [0.4, 0.5) is 0 Å². The summed E-state index contributed by atoms with van der Waals surface area (Å²) in [6.45, 7) is 0. The van der Waals surface area contributed by atoms with Gasteiger partial charge in [0.2, 0.25) is 0 Å². The van der Waals surface area contributed by atoms with Crippen LogP contribution in [0.15, 0.2) is 60.8 Å². The molecular weight excluding hydrogens is 346 g/mol. The van der Waals surface area contributed by atoms with Gasteiger partial charge in [0.1, 0.15) is 12.1 Å². The lowest BCUT2D eigenvalue weighted by molar-refractivity contribution is -0.139. The molecule has 2 aromatic carbocycles. The van der Waals surface area contributed by atoms with E-state index in [1.807, 2.05) is 60.8 Å². The fourth-order valence-electron chi connectivity index (χ4n) is 2.58. The molecule has 0 bridgehead atoms. The Labute approximate surface area is 156 Å². The van der Waals surface area contributed by atoms with E-state index in [1.165, 1.54) is 0 Å². The van der Waals surface area contributed by atoms with Gasteiger partial charge in [-0.1, -0.05) is 48.5 Å². The summed E-state index contributed by atoms with van der Waals surface area (Å²) in [5.74, 6) is -1.93. The summed E-state index contributed by atoms with van der Waals surface area (Å²) in [6, 6.07) is 15.5. The number of hydrogen-bond acceptors (Lipinski definition) is 4. The molecule has 2 atom stereocenters. The molecular formula is C20H23N3O4. The van der Waals surface area contributed by atoms with E-state index in [-0.39, 0.29) is 0 Å². The molecule has 1 aromatic heterocycles. The van der Waals surface area contributed by atoms with Gasteiger partial charge in [-0.15, -0.1) is 0 Å². The first-order valence-electron chi connectivity index (χ1n) is 8.44. The minimum Gasteiger partial charge on any atom is -0.480 e. The Bertz CT molecular complexity index is 892. The highest BCUT2D eigenvalue weighted by Crippen LogP contribution is 2.18. The van der Waals surface area contributed by atoms with Crippen molar-refractivity contribution in [1.82, 2.24) is 4.98 Å². The summed E-state index contributed by atoms with van der Waals surface area (Å²) in [6.07, 6.45) is 2.54. The predicted molar refractivity (Wildman–Crippen MR) is 103 cm³/mol. The van der Waals surface area contributed by atoms with Crippen LogP contribution in [0.1, 0.15) is 11.1 Å². The summed E-state index contributed by atoms with van der Waals surface area (Å²) in [5.41, 5.74) is 13.7. The Kier molecular flexibility index (Phi) is 7.10. The molecule has 7 nitrogen and oxygen atoms in total. The Morgan fingerprint density at radius 2 is 1.41 bits per heavy atom. The van der Waals surface area contributed by atoms with E-state index in [4.69, 9.17) is 21.7 Å². The van der Waals surface area contributed by atoms with Crippen LogP contribution < -0.4 is 11.5 Å². The zero-order chi connectivity index (χ0) is 19.8. The third-order valence-electron chi connectivity index (χ3n) is 4.05. The number of para-hydroxylation sites is 1. The van der Waals surface area contributed by atoms with Crippen LogP contribution >= 0.6 is 0 Å². The van der Waals surface area contributed by atoms with Crippen molar-refractivity contribution >= 4 is 22.8 Å². The second-order valence-corrected chi connectivity index (χ2v) is 6.14. The molecule has 0 radical (unpaired) electrons. The average Bonchev–Trinajstić information content (AvgIpc) is 3.06. The van der Waals surface area contributed by atoms with Gasteiger partial charge in [-0.3, -0.25) is 9.59 Å². The zero-order valence-electron chi connectivity index (χ0n) is 14.7. The largest absolute Gasteiger partial charge is 0.480 e. The van der Waals surface area contributed by atoms with Crippen molar-refractivity contribution in [3.63, 3.8) is 0 Å². The van der Waals surface area contributed by atoms with Crippen LogP contribution in [0.3, 0.4) is 0 Å². The number of aliphatic carboxylic acids is 2. The van der Waals surface area contributed by atoms with Crippen LogP contribution in [0.25, 0.3) is 10.9 Å². The fourth-order valence-corrected chi connectivity index (χ4v) is 2.58. The third kappa shape index (κ3) is 5.95. The Morgan fingerprint density at radius 1 is 0.852 bits per heavy atom. The first kappa shape index (κ1) is 20.2. The zero-order valence-corrected chi connectivity index (χ0v) is 14.7. The van der Waals surface area contributed by atoms with Crippen molar-refractivity contribution in [1.29, 1.82) is 0 Å². The van der Waals surface area contributed by atoms with Gasteiger partial charge < -0.3 is 26.7 Å². The van der Waals surface area contributed by atoms with E-state index in [0.717, 1.165) is 22.0 Å². The van der Waals surface area contributed by atoms with Crippen molar-refractivity contribution in [2.24, 2.45) is 11.5 Å². The number of nitrogens with one attached hydrogen (secondary N) is 1. The van der Waals surface area contributed by atoms with E-state index in [0.29, 0.717) is 12.8 Å². The van der Waals surface area contributed by atoms with Gasteiger partial charge in [0.25, 0.3) is 0 Å². The number of fused-ring (bicyclic) bond motifs is 1. The maximum atomic E-state index is 10.6. The third-order valence-corrected chi connectivity index (χ3v) is 4.05. The first-order chi connectivity index (χ1) is 12.9. The molecule has 0 saturated carbocycles. The number of aromatic amines is 1. The number of nitrogens with two attached hydrogens (primary N) is 2. The summed E-state index contributed by atoms with van der Waals surface area (Å²) in [7, 11) is 0. The van der Waals surface area contributed by atoms with Gasteiger partial charge in [0.05, 0.1) is 0 Å². The van der Waals surface area contributed by atoms with E-state index in [9.17, 15) is 9.59 Å². The van der Waals surface area contributed by atoms with E-state index < -0.39 is 24.0 Å². The molecule has 0 spiro atoms. The van der Waals surface area contributed by atoms with Crippen molar-refractivity contribution in [2.45, 2.75) is 24.9 Å². The van der Waals surface area contributed by atoms with Crippen molar-refractivity contribution < 1.29 is 19.8 Å². The summed E-state index contributed by atoms with van der Waals surface area (Å²) in [4.78, 5) is 24.1.